The Labute approximate surface area is 130 Å². The highest BCUT2D eigenvalue weighted by Crippen LogP contribution is 2.44. The molecule has 1 fully saturated rings. The number of halogens is 1. The Morgan fingerprint density at radius 3 is 2.67 bits per heavy atom. The molecular formula is C14H21ClN2O3S. The number of nitrogens with two attached hydrogens (primary N) is 1. The fourth-order valence-corrected chi connectivity index (χ4v) is 4.83. The van der Waals surface area contributed by atoms with Crippen molar-refractivity contribution in [2.24, 2.45) is 11.7 Å². The SMILES string of the molecule is CCC(=O)NS(=O)(=O)C1=CC=CC(Cl)(C2CCCC2)C1N. The molecule has 0 heterocycles. The van der Waals surface area contributed by atoms with E-state index in [9.17, 15) is 13.2 Å². The minimum atomic E-state index is -3.94. The molecule has 118 valence electrons. The predicted molar refractivity (Wildman–Crippen MR) is 83.1 cm³/mol. The first kappa shape index (κ1) is 16.5. The van der Waals surface area contributed by atoms with Crippen molar-refractivity contribution in [3.05, 3.63) is 23.1 Å². The molecule has 0 radical (unpaired) electrons. The zero-order valence-electron chi connectivity index (χ0n) is 12.0. The van der Waals surface area contributed by atoms with E-state index in [0.717, 1.165) is 25.7 Å². The van der Waals surface area contributed by atoms with Gasteiger partial charge >= 0.3 is 0 Å². The van der Waals surface area contributed by atoms with Crippen LogP contribution in [0, 0.1) is 5.92 Å². The summed E-state index contributed by atoms with van der Waals surface area (Å²) in [7, 11) is -3.94. The number of rotatable bonds is 4. The molecule has 1 amide bonds. The highest BCUT2D eigenvalue weighted by molar-refractivity contribution is 7.94. The molecule has 2 rings (SSSR count). The summed E-state index contributed by atoms with van der Waals surface area (Å²) in [5, 5.41) is 0. The number of sulfonamides is 1. The summed E-state index contributed by atoms with van der Waals surface area (Å²) in [4.78, 5) is 10.5. The van der Waals surface area contributed by atoms with E-state index in [4.69, 9.17) is 17.3 Å². The zero-order chi connectivity index (χ0) is 15.7. The fourth-order valence-electron chi connectivity index (χ4n) is 3.01. The van der Waals surface area contributed by atoms with Crippen molar-refractivity contribution in [1.29, 1.82) is 0 Å². The van der Waals surface area contributed by atoms with Crippen LogP contribution in [0.25, 0.3) is 0 Å². The van der Waals surface area contributed by atoms with Crippen LogP contribution in [-0.4, -0.2) is 25.2 Å². The van der Waals surface area contributed by atoms with Gasteiger partial charge in [-0.1, -0.05) is 31.9 Å². The molecule has 2 aliphatic rings. The summed E-state index contributed by atoms with van der Waals surface area (Å²) < 4.78 is 26.6. The van der Waals surface area contributed by atoms with Crippen LogP contribution in [0.15, 0.2) is 23.1 Å². The maximum absolute atomic E-state index is 12.3. The monoisotopic (exact) mass is 332 g/mol. The van der Waals surface area contributed by atoms with Gasteiger partial charge in [-0.3, -0.25) is 4.79 Å². The van der Waals surface area contributed by atoms with Crippen molar-refractivity contribution in [3.8, 4) is 0 Å². The molecule has 0 aromatic carbocycles. The van der Waals surface area contributed by atoms with Gasteiger partial charge in [-0.2, -0.15) is 0 Å². The highest BCUT2D eigenvalue weighted by Gasteiger charge is 2.46. The summed E-state index contributed by atoms with van der Waals surface area (Å²) in [6.45, 7) is 1.59. The minimum Gasteiger partial charge on any atom is -0.322 e. The number of hydrogen-bond acceptors (Lipinski definition) is 4. The normalized spacial score (nSPS) is 30.2. The van der Waals surface area contributed by atoms with Crippen molar-refractivity contribution >= 4 is 27.5 Å². The third kappa shape index (κ3) is 3.17. The number of allylic oxidation sites excluding steroid dienone is 2. The summed E-state index contributed by atoms with van der Waals surface area (Å²) in [6, 6.07) is -0.852. The van der Waals surface area contributed by atoms with E-state index in [1.165, 1.54) is 6.08 Å². The Morgan fingerprint density at radius 2 is 2.10 bits per heavy atom. The van der Waals surface area contributed by atoms with Gasteiger partial charge in [-0.25, -0.2) is 13.1 Å². The van der Waals surface area contributed by atoms with Crippen molar-refractivity contribution in [2.75, 3.05) is 0 Å². The fraction of sp³-hybridized carbons (Fsp3) is 0.643. The summed E-state index contributed by atoms with van der Waals surface area (Å²) >= 11 is 6.67. The van der Waals surface area contributed by atoms with Crippen LogP contribution in [0.3, 0.4) is 0 Å². The third-order valence-corrected chi connectivity index (χ3v) is 6.43. The molecule has 2 aliphatic carbocycles. The Balaban J connectivity index is 2.27. The van der Waals surface area contributed by atoms with Crippen LogP contribution in [0.1, 0.15) is 39.0 Å². The van der Waals surface area contributed by atoms with Crippen LogP contribution >= 0.6 is 11.6 Å². The topological polar surface area (TPSA) is 89.3 Å². The van der Waals surface area contributed by atoms with Crippen molar-refractivity contribution < 1.29 is 13.2 Å². The molecule has 0 spiro atoms. The van der Waals surface area contributed by atoms with Gasteiger partial charge < -0.3 is 5.73 Å². The molecule has 0 saturated heterocycles. The number of alkyl halides is 1. The lowest BCUT2D eigenvalue weighted by atomic mass is 9.81. The van der Waals surface area contributed by atoms with Crippen molar-refractivity contribution in [1.82, 2.24) is 4.72 Å². The van der Waals surface area contributed by atoms with Gasteiger partial charge in [0.25, 0.3) is 10.0 Å². The van der Waals surface area contributed by atoms with Gasteiger partial charge in [0.1, 0.15) is 0 Å². The zero-order valence-corrected chi connectivity index (χ0v) is 13.6. The molecule has 5 nitrogen and oxygen atoms in total. The number of hydrogen-bond donors (Lipinski definition) is 2. The van der Waals surface area contributed by atoms with E-state index < -0.39 is 26.8 Å². The average molecular weight is 333 g/mol. The molecule has 0 aliphatic heterocycles. The molecule has 2 unspecified atom stereocenters. The van der Waals surface area contributed by atoms with Gasteiger partial charge in [-0.05, 0) is 24.8 Å². The van der Waals surface area contributed by atoms with Crippen LogP contribution in [0.5, 0.6) is 0 Å². The second-order valence-electron chi connectivity index (χ2n) is 5.60. The Morgan fingerprint density at radius 1 is 1.48 bits per heavy atom. The Bertz CT molecular complexity index is 579. The second kappa shape index (κ2) is 6.10. The maximum atomic E-state index is 12.3. The van der Waals surface area contributed by atoms with E-state index in [1.807, 2.05) is 4.72 Å². The lowest BCUT2D eigenvalue weighted by Gasteiger charge is -2.38. The molecule has 7 heteroatoms. The van der Waals surface area contributed by atoms with Gasteiger partial charge in [0.2, 0.25) is 5.91 Å². The quantitative estimate of drug-likeness (QED) is 0.768. The molecule has 1 saturated carbocycles. The summed E-state index contributed by atoms with van der Waals surface area (Å²) in [5.74, 6) is -0.398. The highest BCUT2D eigenvalue weighted by atomic mass is 35.5. The minimum absolute atomic E-state index is 0.0197. The van der Waals surface area contributed by atoms with Crippen molar-refractivity contribution in [3.63, 3.8) is 0 Å². The van der Waals surface area contributed by atoms with Gasteiger partial charge in [0.05, 0.1) is 15.8 Å². The maximum Gasteiger partial charge on any atom is 0.261 e. The number of nitrogens with one attached hydrogen (secondary N) is 1. The van der Waals surface area contributed by atoms with Gasteiger partial charge in [0.15, 0.2) is 0 Å². The van der Waals surface area contributed by atoms with Crippen LogP contribution in [0.2, 0.25) is 0 Å². The van der Waals surface area contributed by atoms with E-state index in [0.29, 0.717) is 0 Å². The summed E-state index contributed by atoms with van der Waals surface area (Å²) in [5.41, 5.74) is 6.16. The smallest absolute Gasteiger partial charge is 0.261 e. The first-order chi connectivity index (χ1) is 9.81. The molecular weight excluding hydrogens is 312 g/mol. The van der Waals surface area contributed by atoms with Gasteiger partial charge in [0, 0.05) is 6.42 Å². The second-order valence-corrected chi connectivity index (χ2v) is 7.93. The number of carbonyl (C=O) groups excluding carboxylic acids is 1. The largest absolute Gasteiger partial charge is 0.322 e. The van der Waals surface area contributed by atoms with Crippen LogP contribution < -0.4 is 10.5 Å². The molecule has 21 heavy (non-hydrogen) atoms. The Hall–Kier alpha value is -0.850. The van der Waals surface area contributed by atoms with E-state index >= 15 is 0 Å². The number of amides is 1. The lowest BCUT2D eigenvalue weighted by Crippen LogP contribution is -2.52. The standard InChI is InChI=1S/C14H21ClN2O3S/c1-2-12(18)17-21(19,20)11-8-5-9-14(15,13(11)16)10-6-3-4-7-10/h5,8-10,13H,2-4,6-7,16H2,1H3,(H,17,18). The van der Waals surface area contributed by atoms with E-state index in [2.05, 4.69) is 0 Å². The first-order valence-electron chi connectivity index (χ1n) is 7.21. The lowest BCUT2D eigenvalue weighted by molar-refractivity contribution is -0.119. The van der Waals surface area contributed by atoms with Gasteiger partial charge in [-0.15, -0.1) is 11.6 Å². The van der Waals surface area contributed by atoms with Crippen LogP contribution in [-0.2, 0) is 14.8 Å². The molecule has 0 aromatic rings. The first-order valence-corrected chi connectivity index (χ1v) is 9.07. The molecule has 2 atom stereocenters. The number of carbonyl (C=O) groups is 1. The molecule has 0 aromatic heterocycles. The van der Waals surface area contributed by atoms with E-state index in [1.54, 1.807) is 19.1 Å². The average Bonchev–Trinajstić information content (AvgIpc) is 2.95. The summed E-state index contributed by atoms with van der Waals surface area (Å²) in [6.07, 6.45) is 8.97. The van der Waals surface area contributed by atoms with E-state index in [-0.39, 0.29) is 17.2 Å². The molecule has 0 bridgehead atoms. The third-order valence-electron chi connectivity index (χ3n) is 4.26. The van der Waals surface area contributed by atoms with Crippen LogP contribution in [0.4, 0.5) is 0 Å². The predicted octanol–water partition coefficient (Wildman–Crippen LogP) is 1.79. The Kier molecular flexibility index (Phi) is 4.80. The molecule has 3 N–H and O–H groups in total. The van der Waals surface area contributed by atoms with Crippen molar-refractivity contribution in [2.45, 2.75) is 49.9 Å².